The Labute approximate surface area is 143 Å². The SMILES string of the molecule is O=C(COc1cccc(Cl)c1Cl)NCc1ccc2c(c1)OCO2. The number of hydrogen-bond acceptors (Lipinski definition) is 4. The lowest BCUT2D eigenvalue weighted by Gasteiger charge is -2.09. The Morgan fingerprint density at radius 3 is 2.87 bits per heavy atom. The Kier molecular flexibility index (Phi) is 4.79. The second-order valence-electron chi connectivity index (χ2n) is 4.80. The van der Waals surface area contributed by atoms with Crippen LogP contribution in [-0.4, -0.2) is 19.3 Å². The first-order valence-electron chi connectivity index (χ1n) is 6.85. The number of amides is 1. The zero-order valence-electron chi connectivity index (χ0n) is 12.0. The molecule has 1 amide bonds. The van der Waals surface area contributed by atoms with Crippen LogP contribution in [0.1, 0.15) is 5.56 Å². The zero-order valence-corrected chi connectivity index (χ0v) is 13.5. The number of ether oxygens (including phenoxy) is 3. The lowest BCUT2D eigenvalue weighted by atomic mass is 10.2. The van der Waals surface area contributed by atoms with Gasteiger partial charge in [0.2, 0.25) is 6.79 Å². The molecule has 120 valence electrons. The summed E-state index contributed by atoms with van der Waals surface area (Å²) in [7, 11) is 0. The molecular weight excluding hydrogens is 341 g/mol. The summed E-state index contributed by atoms with van der Waals surface area (Å²) in [6.07, 6.45) is 0. The summed E-state index contributed by atoms with van der Waals surface area (Å²) in [6, 6.07) is 10.5. The van der Waals surface area contributed by atoms with E-state index in [1.165, 1.54) is 0 Å². The maximum Gasteiger partial charge on any atom is 0.258 e. The van der Waals surface area contributed by atoms with Crippen LogP contribution >= 0.6 is 23.2 Å². The van der Waals surface area contributed by atoms with Crippen LogP contribution in [0.2, 0.25) is 10.0 Å². The second kappa shape index (κ2) is 6.98. The largest absolute Gasteiger partial charge is 0.482 e. The smallest absolute Gasteiger partial charge is 0.258 e. The van der Waals surface area contributed by atoms with Crippen LogP contribution in [0.15, 0.2) is 36.4 Å². The average Bonchev–Trinajstić information content (AvgIpc) is 3.02. The molecule has 3 rings (SSSR count). The van der Waals surface area contributed by atoms with Crippen molar-refractivity contribution in [2.45, 2.75) is 6.54 Å². The predicted molar refractivity (Wildman–Crippen MR) is 86.4 cm³/mol. The number of fused-ring (bicyclic) bond motifs is 1. The van der Waals surface area contributed by atoms with Gasteiger partial charge in [0.15, 0.2) is 18.1 Å². The highest BCUT2D eigenvalue weighted by atomic mass is 35.5. The van der Waals surface area contributed by atoms with Gasteiger partial charge in [-0.3, -0.25) is 4.79 Å². The van der Waals surface area contributed by atoms with E-state index in [0.717, 1.165) is 5.56 Å². The van der Waals surface area contributed by atoms with E-state index in [2.05, 4.69) is 5.32 Å². The van der Waals surface area contributed by atoms with E-state index in [1.54, 1.807) is 18.2 Å². The van der Waals surface area contributed by atoms with E-state index in [1.807, 2.05) is 18.2 Å². The van der Waals surface area contributed by atoms with Gasteiger partial charge in [0, 0.05) is 6.54 Å². The molecule has 1 N–H and O–H groups in total. The van der Waals surface area contributed by atoms with E-state index < -0.39 is 0 Å². The molecule has 0 aliphatic carbocycles. The Morgan fingerprint density at radius 2 is 2.00 bits per heavy atom. The number of carbonyl (C=O) groups is 1. The molecule has 0 atom stereocenters. The van der Waals surface area contributed by atoms with Crippen LogP contribution in [0.5, 0.6) is 17.2 Å². The molecule has 0 fully saturated rings. The minimum atomic E-state index is -0.265. The Morgan fingerprint density at radius 1 is 1.17 bits per heavy atom. The molecule has 0 spiro atoms. The quantitative estimate of drug-likeness (QED) is 0.894. The lowest BCUT2D eigenvalue weighted by molar-refractivity contribution is -0.123. The predicted octanol–water partition coefficient (Wildman–Crippen LogP) is 3.42. The Bertz CT molecular complexity index is 736. The summed E-state index contributed by atoms with van der Waals surface area (Å²) in [6.45, 7) is 0.437. The number of rotatable bonds is 5. The topological polar surface area (TPSA) is 56.8 Å². The van der Waals surface area contributed by atoms with Crippen molar-refractivity contribution in [2.75, 3.05) is 13.4 Å². The first kappa shape index (κ1) is 15.8. The summed E-state index contributed by atoms with van der Waals surface area (Å²) >= 11 is 11.9. The summed E-state index contributed by atoms with van der Waals surface area (Å²) in [5.41, 5.74) is 0.906. The van der Waals surface area contributed by atoms with Gasteiger partial charge in [-0.1, -0.05) is 35.3 Å². The van der Waals surface area contributed by atoms with E-state index >= 15 is 0 Å². The van der Waals surface area contributed by atoms with E-state index in [4.69, 9.17) is 37.4 Å². The van der Waals surface area contributed by atoms with Crippen LogP contribution in [0.4, 0.5) is 0 Å². The van der Waals surface area contributed by atoms with Crippen molar-refractivity contribution in [3.8, 4) is 17.2 Å². The van der Waals surface area contributed by atoms with Gasteiger partial charge in [-0.2, -0.15) is 0 Å². The van der Waals surface area contributed by atoms with Gasteiger partial charge in [0.1, 0.15) is 10.8 Å². The molecule has 0 bridgehead atoms. The molecule has 1 aliphatic rings. The summed E-state index contributed by atoms with van der Waals surface area (Å²) < 4.78 is 15.9. The minimum absolute atomic E-state index is 0.148. The molecule has 0 unspecified atom stereocenters. The fraction of sp³-hybridized carbons (Fsp3) is 0.188. The molecule has 2 aromatic carbocycles. The second-order valence-corrected chi connectivity index (χ2v) is 5.59. The molecule has 2 aromatic rings. The normalized spacial score (nSPS) is 12.1. The first-order valence-corrected chi connectivity index (χ1v) is 7.61. The van der Waals surface area contributed by atoms with Crippen LogP contribution in [0.3, 0.4) is 0 Å². The molecule has 0 saturated carbocycles. The van der Waals surface area contributed by atoms with Gasteiger partial charge < -0.3 is 19.5 Å². The summed E-state index contributed by atoms with van der Waals surface area (Å²) in [4.78, 5) is 11.9. The van der Waals surface area contributed by atoms with Gasteiger partial charge in [-0.15, -0.1) is 0 Å². The van der Waals surface area contributed by atoms with Crippen molar-refractivity contribution in [2.24, 2.45) is 0 Å². The minimum Gasteiger partial charge on any atom is -0.482 e. The fourth-order valence-electron chi connectivity index (χ4n) is 2.04. The number of hydrogen-bond donors (Lipinski definition) is 1. The number of benzene rings is 2. The lowest BCUT2D eigenvalue weighted by Crippen LogP contribution is -2.28. The molecule has 0 radical (unpaired) electrons. The van der Waals surface area contributed by atoms with Gasteiger partial charge in [0.25, 0.3) is 5.91 Å². The highest BCUT2D eigenvalue weighted by Gasteiger charge is 2.13. The number of nitrogens with one attached hydrogen (secondary N) is 1. The molecule has 7 heteroatoms. The maximum absolute atomic E-state index is 11.9. The van der Waals surface area contributed by atoms with Crippen molar-refractivity contribution in [3.63, 3.8) is 0 Å². The van der Waals surface area contributed by atoms with Gasteiger partial charge in [-0.05, 0) is 29.8 Å². The first-order chi connectivity index (χ1) is 11.1. The van der Waals surface area contributed by atoms with Crippen molar-refractivity contribution >= 4 is 29.1 Å². The number of halogens is 2. The Hall–Kier alpha value is -2.11. The monoisotopic (exact) mass is 353 g/mol. The van der Waals surface area contributed by atoms with Crippen LogP contribution < -0.4 is 19.5 Å². The van der Waals surface area contributed by atoms with Crippen LogP contribution in [0.25, 0.3) is 0 Å². The van der Waals surface area contributed by atoms with E-state index in [9.17, 15) is 4.79 Å². The van der Waals surface area contributed by atoms with Crippen molar-refractivity contribution in [1.82, 2.24) is 5.32 Å². The standard InChI is InChI=1S/C16H13Cl2NO4/c17-11-2-1-3-13(16(11)18)21-8-15(20)19-7-10-4-5-12-14(6-10)23-9-22-12/h1-6H,7-9H2,(H,19,20). The van der Waals surface area contributed by atoms with Gasteiger partial charge >= 0.3 is 0 Å². The molecule has 23 heavy (non-hydrogen) atoms. The van der Waals surface area contributed by atoms with Crippen molar-refractivity contribution in [3.05, 3.63) is 52.0 Å². The molecule has 1 heterocycles. The van der Waals surface area contributed by atoms with Gasteiger partial charge in [-0.25, -0.2) is 0 Å². The van der Waals surface area contributed by atoms with Crippen molar-refractivity contribution < 1.29 is 19.0 Å². The maximum atomic E-state index is 11.9. The number of carbonyl (C=O) groups excluding carboxylic acids is 1. The van der Waals surface area contributed by atoms with Crippen LogP contribution in [-0.2, 0) is 11.3 Å². The van der Waals surface area contributed by atoms with E-state index in [0.29, 0.717) is 28.8 Å². The summed E-state index contributed by atoms with van der Waals surface area (Å²) in [5.74, 6) is 1.49. The zero-order chi connectivity index (χ0) is 16.2. The molecule has 0 saturated heterocycles. The molecule has 1 aliphatic heterocycles. The third-order valence-corrected chi connectivity index (χ3v) is 4.00. The van der Waals surface area contributed by atoms with Crippen molar-refractivity contribution in [1.29, 1.82) is 0 Å². The third-order valence-electron chi connectivity index (χ3n) is 3.20. The highest BCUT2D eigenvalue weighted by molar-refractivity contribution is 6.42. The molecular formula is C16H13Cl2NO4. The molecule has 0 aromatic heterocycles. The third kappa shape index (κ3) is 3.81. The van der Waals surface area contributed by atoms with Gasteiger partial charge in [0.05, 0.1) is 5.02 Å². The highest BCUT2D eigenvalue weighted by Crippen LogP contribution is 2.32. The van der Waals surface area contributed by atoms with Crippen LogP contribution in [0, 0.1) is 0 Å². The molecule has 5 nitrogen and oxygen atoms in total. The van der Waals surface area contributed by atoms with E-state index in [-0.39, 0.29) is 24.3 Å². The fourth-order valence-corrected chi connectivity index (χ4v) is 2.39. The Balaban J connectivity index is 1.51. The average molecular weight is 354 g/mol. The summed E-state index contributed by atoms with van der Waals surface area (Å²) in [5, 5.41) is 3.43.